The van der Waals surface area contributed by atoms with Gasteiger partial charge in [-0.25, -0.2) is 4.39 Å². The Labute approximate surface area is 130 Å². The number of ether oxygens (including phenoxy) is 2. The van der Waals surface area contributed by atoms with Crippen LogP contribution in [-0.2, 0) is 0 Å². The highest BCUT2D eigenvalue weighted by atomic mass is 79.9. The van der Waals surface area contributed by atoms with Gasteiger partial charge in [0.2, 0.25) is 0 Å². The second-order valence-corrected chi connectivity index (χ2v) is 5.66. The van der Waals surface area contributed by atoms with Crippen molar-refractivity contribution >= 4 is 15.9 Å². The topological polar surface area (TPSA) is 38.7 Å². The molecule has 0 aliphatic carbocycles. The van der Waals surface area contributed by atoms with Crippen LogP contribution in [0.5, 0.6) is 11.5 Å². The van der Waals surface area contributed by atoms with Crippen LogP contribution in [0.2, 0.25) is 0 Å². The van der Waals surface area contributed by atoms with Crippen LogP contribution in [0.3, 0.4) is 0 Å². The molecule has 1 aliphatic heterocycles. The third kappa shape index (κ3) is 2.89. The minimum Gasteiger partial charge on any atom is -0.490 e. The summed E-state index contributed by atoms with van der Waals surface area (Å²) in [6, 6.07) is 9.61. The van der Waals surface area contributed by atoms with E-state index in [1.165, 1.54) is 6.07 Å². The summed E-state index contributed by atoms with van der Waals surface area (Å²) in [5.41, 5.74) is 0.787. The number of rotatable bonds is 2. The second kappa shape index (κ2) is 6.03. The van der Waals surface area contributed by atoms with Crippen LogP contribution in [0.1, 0.15) is 23.7 Å². The number of benzene rings is 2. The van der Waals surface area contributed by atoms with Crippen molar-refractivity contribution < 1.29 is 19.0 Å². The Hall–Kier alpha value is -1.59. The molecule has 0 aromatic heterocycles. The summed E-state index contributed by atoms with van der Waals surface area (Å²) in [7, 11) is 0. The van der Waals surface area contributed by atoms with E-state index in [4.69, 9.17) is 9.47 Å². The van der Waals surface area contributed by atoms with Gasteiger partial charge in [0, 0.05) is 12.0 Å². The Morgan fingerprint density at radius 3 is 2.71 bits per heavy atom. The lowest BCUT2D eigenvalue weighted by atomic mass is 10.0. The summed E-state index contributed by atoms with van der Waals surface area (Å²) in [4.78, 5) is 0. The minimum atomic E-state index is -1.06. The van der Waals surface area contributed by atoms with Gasteiger partial charge in [0.1, 0.15) is 11.9 Å². The van der Waals surface area contributed by atoms with E-state index in [1.807, 2.05) is 0 Å². The molecule has 3 nitrogen and oxygen atoms in total. The predicted molar refractivity (Wildman–Crippen MR) is 80.2 cm³/mol. The van der Waals surface area contributed by atoms with Crippen molar-refractivity contribution in [2.75, 3.05) is 13.2 Å². The van der Waals surface area contributed by atoms with E-state index in [0.717, 1.165) is 6.42 Å². The molecule has 3 rings (SSSR count). The van der Waals surface area contributed by atoms with Crippen molar-refractivity contribution in [1.82, 2.24) is 0 Å². The van der Waals surface area contributed by atoms with Gasteiger partial charge >= 0.3 is 0 Å². The summed E-state index contributed by atoms with van der Waals surface area (Å²) in [6.07, 6.45) is -0.258. The van der Waals surface area contributed by atoms with E-state index in [1.54, 1.807) is 30.3 Å². The minimum absolute atomic E-state index is 0.235. The largest absolute Gasteiger partial charge is 0.490 e. The van der Waals surface area contributed by atoms with Gasteiger partial charge in [0.15, 0.2) is 11.5 Å². The molecule has 0 bridgehead atoms. The molecule has 0 saturated carbocycles. The third-order valence-corrected chi connectivity index (χ3v) is 3.93. The first-order valence-corrected chi connectivity index (χ1v) is 7.47. The molecule has 0 radical (unpaired) electrons. The average molecular weight is 353 g/mol. The first-order chi connectivity index (χ1) is 10.2. The third-order valence-electron chi connectivity index (χ3n) is 3.34. The van der Waals surface area contributed by atoms with Crippen LogP contribution in [0.4, 0.5) is 4.39 Å². The Kier molecular flexibility index (Phi) is 4.12. The lowest BCUT2D eigenvalue weighted by molar-refractivity contribution is 0.214. The molecule has 21 heavy (non-hydrogen) atoms. The zero-order valence-electron chi connectivity index (χ0n) is 11.2. The lowest BCUT2D eigenvalue weighted by Gasteiger charge is -2.16. The number of hydrogen-bond donors (Lipinski definition) is 1. The Bertz CT molecular complexity index is 660. The maximum atomic E-state index is 13.8. The van der Waals surface area contributed by atoms with Gasteiger partial charge in [-0.15, -0.1) is 0 Å². The van der Waals surface area contributed by atoms with Crippen LogP contribution in [0, 0.1) is 5.82 Å². The molecule has 1 N–H and O–H groups in total. The monoisotopic (exact) mass is 352 g/mol. The van der Waals surface area contributed by atoms with Crippen LogP contribution in [-0.4, -0.2) is 18.3 Å². The van der Waals surface area contributed by atoms with Crippen LogP contribution in [0.25, 0.3) is 0 Å². The molecule has 1 atom stereocenters. The van der Waals surface area contributed by atoms with E-state index in [2.05, 4.69) is 15.9 Å². The molecule has 1 heterocycles. The van der Waals surface area contributed by atoms with Gasteiger partial charge in [0.05, 0.1) is 17.7 Å². The van der Waals surface area contributed by atoms with Crippen molar-refractivity contribution in [3.05, 3.63) is 57.8 Å². The Balaban J connectivity index is 2.01. The second-order valence-electron chi connectivity index (χ2n) is 4.80. The van der Waals surface area contributed by atoms with E-state index < -0.39 is 11.9 Å². The number of halogens is 2. The smallest absolute Gasteiger partial charge is 0.175 e. The first kappa shape index (κ1) is 14.4. The normalized spacial score (nSPS) is 15.4. The van der Waals surface area contributed by atoms with E-state index >= 15 is 0 Å². The molecule has 0 fully saturated rings. The molecule has 110 valence electrons. The van der Waals surface area contributed by atoms with Crippen molar-refractivity contribution in [2.45, 2.75) is 12.5 Å². The summed E-state index contributed by atoms with van der Waals surface area (Å²) in [5, 5.41) is 10.4. The fourth-order valence-corrected chi connectivity index (χ4v) is 2.86. The number of fused-ring (bicyclic) bond motifs is 1. The summed E-state index contributed by atoms with van der Waals surface area (Å²) < 4.78 is 25.7. The summed E-state index contributed by atoms with van der Waals surface area (Å²) in [5.74, 6) is 0.748. The fourth-order valence-electron chi connectivity index (χ4n) is 2.29. The molecular weight excluding hydrogens is 339 g/mol. The van der Waals surface area contributed by atoms with Crippen LogP contribution < -0.4 is 9.47 Å². The highest BCUT2D eigenvalue weighted by molar-refractivity contribution is 9.10. The van der Waals surface area contributed by atoms with E-state index in [9.17, 15) is 9.50 Å². The Morgan fingerprint density at radius 1 is 1.14 bits per heavy atom. The number of aliphatic hydroxyl groups excluding tert-OH is 1. The van der Waals surface area contributed by atoms with Crippen LogP contribution >= 0.6 is 15.9 Å². The molecule has 0 spiro atoms. The SMILES string of the molecule is OC(c1cc(Br)c2c(c1)OCCCO2)c1ccccc1F. The first-order valence-electron chi connectivity index (χ1n) is 6.68. The number of aliphatic hydroxyl groups is 1. The highest BCUT2D eigenvalue weighted by Gasteiger charge is 2.20. The van der Waals surface area contributed by atoms with Gasteiger partial charge in [0.25, 0.3) is 0 Å². The average Bonchev–Trinajstić information content (AvgIpc) is 2.72. The van der Waals surface area contributed by atoms with Crippen molar-refractivity contribution in [1.29, 1.82) is 0 Å². The van der Waals surface area contributed by atoms with Crippen molar-refractivity contribution in [3.8, 4) is 11.5 Å². The molecule has 2 aromatic carbocycles. The molecular formula is C16H14BrFO3. The maximum Gasteiger partial charge on any atom is 0.175 e. The zero-order valence-corrected chi connectivity index (χ0v) is 12.8. The van der Waals surface area contributed by atoms with E-state index in [-0.39, 0.29) is 5.56 Å². The van der Waals surface area contributed by atoms with Crippen molar-refractivity contribution in [2.24, 2.45) is 0 Å². The summed E-state index contributed by atoms with van der Waals surface area (Å²) in [6.45, 7) is 1.14. The van der Waals surface area contributed by atoms with Gasteiger partial charge in [-0.05, 0) is 39.7 Å². The van der Waals surface area contributed by atoms with Crippen LogP contribution in [0.15, 0.2) is 40.9 Å². The lowest BCUT2D eigenvalue weighted by Crippen LogP contribution is -2.04. The van der Waals surface area contributed by atoms with Crippen molar-refractivity contribution in [3.63, 3.8) is 0 Å². The predicted octanol–water partition coefficient (Wildman–Crippen LogP) is 3.83. The van der Waals surface area contributed by atoms with Gasteiger partial charge in [-0.3, -0.25) is 0 Å². The molecule has 1 aliphatic rings. The van der Waals surface area contributed by atoms with Gasteiger partial charge in [-0.1, -0.05) is 18.2 Å². The number of hydrogen-bond acceptors (Lipinski definition) is 3. The Morgan fingerprint density at radius 2 is 1.90 bits per heavy atom. The van der Waals surface area contributed by atoms with Gasteiger partial charge < -0.3 is 14.6 Å². The molecule has 0 amide bonds. The fraction of sp³-hybridized carbons (Fsp3) is 0.250. The zero-order chi connectivity index (χ0) is 14.8. The maximum absolute atomic E-state index is 13.8. The molecule has 1 unspecified atom stereocenters. The standard InChI is InChI=1S/C16H14BrFO3/c17-12-8-10(9-14-16(12)21-7-3-6-20-14)15(19)11-4-1-2-5-13(11)18/h1-2,4-5,8-9,15,19H,3,6-7H2. The quantitative estimate of drug-likeness (QED) is 0.892. The molecule has 5 heteroatoms. The van der Waals surface area contributed by atoms with E-state index in [0.29, 0.717) is 34.7 Å². The molecule has 0 saturated heterocycles. The molecule has 2 aromatic rings. The van der Waals surface area contributed by atoms with Gasteiger partial charge in [-0.2, -0.15) is 0 Å². The summed E-state index contributed by atoms with van der Waals surface area (Å²) >= 11 is 3.42. The highest BCUT2D eigenvalue weighted by Crippen LogP contribution is 2.40.